The van der Waals surface area contributed by atoms with Gasteiger partial charge in [0.25, 0.3) is 0 Å². The molecular weight excluding hydrogens is 240 g/mol. The number of carbonyl (C=O) groups is 1. The van der Waals surface area contributed by atoms with E-state index in [-0.39, 0.29) is 5.92 Å². The molecular formula is C15H28N2O2. The van der Waals surface area contributed by atoms with Crippen molar-refractivity contribution in [2.24, 2.45) is 23.5 Å². The van der Waals surface area contributed by atoms with Crippen LogP contribution in [0.15, 0.2) is 0 Å². The molecule has 0 bridgehead atoms. The Bertz CT molecular complexity index is 290. The van der Waals surface area contributed by atoms with E-state index in [0.717, 1.165) is 64.2 Å². The molecule has 0 spiro atoms. The minimum atomic E-state index is 0.185. The summed E-state index contributed by atoms with van der Waals surface area (Å²) in [6, 6.07) is 0. The van der Waals surface area contributed by atoms with Crippen molar-refractivity contribution in [3.8, 4) is 0 Å². The van der Waals surface area contributed by atoms with Crippen LogP contribution in [0.1, 0.15) is 38.5 Å². The van der Waals surface area contributed by atoms with E-state index in [0.29, 0.717) is 18.4 Å². The molecule has 2 rings (SSSR count). The van der Waals surface area contributed by atoms with E-state index >= 15 is 0 Å². The summed E-state index contributed by atoms with van der Waals surface area (Å²) >= 11 is 0. The lowest BCUT2D eigenvalue weighted by atomic mass is 9.93. The van der Waals surface area contributed by atoms with E-state index in [2.05, 4.69) is 0 Å². The summed E-state index contributed by atoms with van der Waals surface area (Å²) in [5.74, 6) is 1.65. The highest BCUT2D eigenvalue weighted by atomic mass is 16.5. The van der Waals surface area contributed by atoms with Crippen LogP contribution in [0.25, 0.3) is 0 Å². The van der Waals surface area contributed by atoms with Crippen molar-refractivity contribution in [2.45, 2.75) is 38.5 Å². The van der Waals surface area contributed by atoms with Gasteiger partial charge in [0.2, 0.25) is 5.91 Å². The van der Waals surface area contributed by atoms with Crippen LogP contribution in [-0.2, 0) is 9.53 Å². The van der Waals surface area contributed by atoms with Crippen LogP contribution in [0.5, 0.6) is 0 Å². The molecule has 2 aliphatic rings. The third kappa shape index (κ3) is 3.93. The smallest absolute Gasteiger partial charge is 0.225 e. The fourth-order valence-electron chi connectivity index (χ4n) is 3.45. The third-order valence-corrected chi connectivity index (χ3v) is 4.87. The molecule has 1 amide bonds. The summed E-state index contributed by atoms with van der Waals surface area (Å²) in [6.07, 6.45) is 6.73. The van der Waals surface area contributed by atoms with Gasteiger partial charge in [-0.2, -0.15) is 0 Å². The maximum atomic E-state index is 12.4. The fraction of sp³-hybridized carbons (Fsp3) is 0.933. The zero-order chi connectivity index (χ0) is 13.7. The predicted octanol–water partition coefficient (Wildman–Crippen LogP) is 1.64. The highest BCUT2D eigenvalue weighted by molar-refractivity contribution is 5.79. The van der Waals surface area contributed by atoms with Crippen LogP contribution >= 0.6 is 0 Å². The number of carbonyl (C=O) groups excluding carboxylic acids is 1. The van der Waals surface area contributed by atoms with E-state index in [1.54, 1.807) is 0 Å². The first-order valence-corrected chi connectivity index (χ1v) is 7.75. The molecule has 2 atom stereocenters. The number of nitrogens with two attached hydrogens (primary N) is 1. The van der Waals surface area contributed by atoms with E-state index < -0.39 is 0 Å². The highest BCUT2D eigenvalue weighted by Gasteiger charge is 2.33. The first kappa shape index (κ1) is 14.8. The SMILES string of the molecule is CN(CCC1CCOCC1)C(=O)[C@@H]1CCC[C@@H]1CN. The maximum absolute atomic E-state index is 12.4. The minimum Gasteiger partial charge on any atom is -0.381 e. The molecule has 19 heavy (non-hydrogen) atoms. The summed E-state index contributed by atoms with van der Waals surface area (Å²) in [6.45, 7) is 3.32. The Kier molecular flexibility index (Phi) is 5.64. The van der Waals surface area contributed by atoms with Crippen LogP contribution < -0.4 is 5.73 Å². The Morgan fingerprint density at radius 2 is 2.00 bits per heavy atom. The van der Waals surface area contributed by atoms with Crippen molar-refractivity contribution in [1.82, 2.24) is 4.90 Å². The van der Waals surface area contributed by atoms with Gasteiger partial charge in [0, 0.05) is 32.7 Å². The minimum absolute atomic E-state index is 0.185. The number of amides is 1. The number of ether oxygens (including phenoxy) is 1. The van der Waals surface area contributed by atoms with Crippen molar-refractivity contribution in [3.63, 3.8) is 0 Å². The van der Waals surface area contributed by atoms with E-state index in [1.807, 2.05) is 11.9 Å². The van der Waals surface area contributed by atoms with Gasteiger partial charge in [0.05, 0.1) is 0 Å². The van der Waals surface area contributed by atoms with E-state index in [9.17, 15) is 4.79 Å². The summed E-state index contributed by atoms with van der Waals surface area (Å²) in [5, 5.41) is 0. The Hall–Kier alpha value is -0.610. The van der Waals surface area contributed by atoms with Crippen molar-refractivity contribution in [1.29, 1.82) is 0 Å². The topological polar surface area (TPSA) is 55.6 Å². The number of nitrogens with zero attached hydrogens (tertiary/aromatic N) is 1. The largest absolute Gasteiger partial charge is 0.381 e. The number of rotatable bonds is 5. The standard InChI is InChI=1S/C15H28N2O2/c1-17(8-5-12-6-9-19-10-7-12)15(18)14-4-2-3-13(14)11-16/h12-14H,2-11,16H2,1H3/t13-,14-/m1/s1. The molecule has 2 fully saturated rings. The van der Waals surface area contributed by atoms with Gasteiger partial charge in [-0.25, -0.2) is 0 Å². The summed E-state index contributed by atoms with van der Waals surface area (Å²) < 4.78 is 5.37. The van der Waals surface area contributed by atoms with E-state index in [4.69, 9.17) is 10.5 Å². The van der Waals surface area contributed by atoms with Gasteiger partial charge < -0.3 is 15.4 Å². The van der Waals surface area contributed by atoms with Crippen LogP contribution in [0.3, 0.4) is 0 Å². The van der Waals surface area contributed by atoms with Gasteiger partial charge in [-0.15, -0.1) is 0 Å². The second kappa shape index (κ2) is 7.25. The van der Waals surface area contributed by atoms with Crippen LogP contribution in [0.4, 0.5) is 0 Å². The Balaban J connectivity index is 1.75. The molecule has 1 heterocycles. The summed E-state index contributed by atoms with van der Waals surface area (Å²) in [5.41, 5.74) is 5.77. The second-order valence-electron chi connectivity index (χ2n) is 6.14. The van der Waals surface area contributed by atoms with Crippen LogP contribution in [-0.4, -0.2) is 44.2 Å². The molecule has 2 N–H and O–H groups in total. The first-order chi connectivity index (χ1) is 9.22. The maximum Gasteiger partial charge on any atom is 0.225 e. The van der Waals surface area contributed by atoms with Gasteiger partial charge >= 0.3 is 0 Å². The number of hydrogen-bond donors (Lipinski definition) is 1. The van der Waals surface area contributed by atoms with Gasteiger partial charge in [-0.3, -0.25) is 4.79 Å². The quantitative estimate of drug-likeness (QED) is 0.824. The highest BCUT2D eigenvalue weighted by Crippen LogP contribution is 2.32. The molecule has 110 valence electrons. The lowest BCUT2D eigenvalue weighted by molar-refractivity contribution is -0.135. The molecule has 4 nitrogen and oxygen atoms in total. The summed E-state index contributed by atoms with van der Waals surface area (Å²) in [4.78, 5) is 14.4. The molecule has 0 aromatic heterocycles. The average molecular weight is 268 g/mol. The van der Waals surface area contributed by atoms with Crippen molar-refractivity contribution < 1.29 is 9.53 Å². The van der Waals surface area contributed by atoms with Gasteiger partial charge in [-0.05, 0) is 50.5 Å². The lowest BCUT2D eigenvalue weighted by Crippen LogP contribution is -2.37. The van der Waals surface area contributed by atoms with Crippen molar-refractivity contribution in [2.75, 3.05) is 33.4 Å². The Morgan fingerprint density at radius 3 is 2.68 bits per heavy atom. The van der Waals surface area contributed by atoms with Crippen LogP contribution in [0.2, 0.25) is 0 Å². The second-order valence-corrected chi connectivity index (χ2v) is 6.14. The molecule has 1 saturated heterocycles. The Labute approximate surface area is 116 Å². The van der Waals surface area contributed by atoms with E-state index in [1.165, 1.54) is 0 Å². The molecule has 1 aliphatic carbocycles. The van der Waals surface area contributed by atoms with Crippen molar-refractivity contribution >= 4 is 5.91 Å². The fourth-order valence-corrected chi connectivity index (χ4v) is 3.45. The van der Waals surface area contributed by atoms with Gasteiger partial charge in [0.1, 0.15) is 0 Å². The molecule has 0 aromatic rings. The van der Waals surface area contributed by atoms with Gasteiger partial charge in [0.15, 0.2) is 0 Å². The molecule has 4 heteroatoms. The molecule has 0 aromatic carbocycles. The van der Waals surface area contributed by atoms with Crippen molar-refractivity contribution in [3.05, 3.63) is 0 Å². The Morgan fingerprint density at radius 1 is 1.26 bits per heavy atom. The molecule has 1 saturated carbocycles. The normalized spacial score (nSPS) is 28.5. The molecule has 0 unspecified atom stereocenters. The third-order valence-electron chi connectivity index (χ3n) is 4.87. The predicted molar refractivity (Wildman–Crippen MR) is 75.7 cm³/mol. The monoisotopic (exact) mass is 268 g/mol. The summed E-state index contributed by atoms with van der Waals surface area (Å²) in [7, 11) is 1.95. The zero-order valence-electron chi connectivity index (χ0n) is 12.1. The first-order valence-electron chi connectivity index (χ1n) is 7.75. The zero-order valence-corrected chi connectivity index (χ0v) is 12.1. The van der Waals surface area contributed by atoms with Gasteiger partial charge in [-0.1, -0.05) is 6.42 Å². The average Bonchev–Trinajstić information content (AvgIpc) is 2.93. The molecule has 1 aliphatic heterocycles. The molecule has 0 radical (unpaired) electrons. The van der Waals surface area contributed by atoms with Crippen LogP contribution in [0, 0.1) is 17.8 Å². The number of hydrogen-bond acceptors (Lipinski definition) is 3. The lowest BCUT2D eigenvalue weighted by Gasteiger charge is -2.27.